The zero-order valence-electron chi connectivity index (χ0n) is 10.0. The summed E-state index contributed by atoms with van der Waals surface area (Å²) in [5.74, 6) is -0.673. The predicted molar refractivity (Wildman–Crippen MR) is 60.3 cm³/mol. The summed E-state index contributed by atoms with van der Waals surface area (Å²) in [7, 11) is 0. The molecule has 88 valence electrons. The Balaban J connectivity index is 2.23. The van der Waals surface area contributed by atoms with E-state index in [1.807, 2.05) is 0 Å². The third kappa shape index (κ3) is 1.84. The molecule has 0 aliphatic heterocycles. The number of hydrogen-bond donors (Lipinski definition) is 2. The summed E-state index contributed by atoms with van der Waals surface area (Å²) in [5.41, 5.74) is 1.58. The van der Waals surface area contributed by atoms with Gasteiger partial charge in [0.1, 0.15) is 0 Å². The molecule has 0 aromatic carbocycles. The Kier molecular flexibility index (Phi) is 2.33. The van der Waals surface area contributed by atoms with Crippen molar-refractivity contribution in [2.24, 2.45) is 5.41 Å². The lowest BCUT2D eigenvalue weighted by molar-refractivity contribution is -0.143. The first-order valence-corrected chi connectivity index (χ1v) is 5.61. The highest BCUT2D eigenvalue weighted by Crippen LogP contribution is 2.49. The van der Waals surface area contributed by atoms with Crippen molar-refractivity contribution in [1.82, 2.24) is 10.2 Å². The topological polar surface area (TPSA) is 66.0 Å². The normalized spacial score (nSPS) is 18.4. The van der Waals surface area contributed by atoms with Gasteiger partial charge < -0.3 is 5.11 Å². The maximum Gasteiger partial charge on any atom is 0.309 e. The van der Waals surface area contributed by atoms with Gasteiger partial charge >= 0.3 is 5.97 Å². The van der Waals surface area contributed by atoms with Gasteiger partial charge in [0, 0.05) is 11.1 Å². The van der Waals surface area contributed by atoms with Gasteiger partial charge in [-0.05, 0) is 24.8 Å². The Morgan fingerprint density at radius 3 is 2.62 bits per heavy atom. The molecule has 0 amide bonds. The lowest BCUT2D eigenvalue weighted by atomic mass is 9.86. The maximum atomic E-state index is 11.1. The highest BCUT2D eigenvalue weighted by atomic mass is 16.4. The first kappa shape index (κ1) is 11.2. The maximum absolute atomic E-state index is 11.1. The summed E-state index contributed by atoms with van der Waals surface area (Å²) in [6, 6.07) is 0. The third-order valence-electron chi connectivity index (χ3n) is 3.30. The summed E-state index contributed by atoms with van der Waals surface area (Å²) in [6.07, 6.45) is 3.95. The molecule has 1 aromatic heterocycles. The van der Waals surface area contributed by atoms with Crippen molar-refractivity contribution in [3.8, 4) is 0 Å². The minimum absolute atomic E-state index is 0.0135. The quantitative estimate of drug-likeness (QED) is 0.823. The second-order valence-electron chi connectivity index (χ2n) is 5.78. The van der Waals surface area contributed by atoms with Crippen LogP contribution in [-0.2, 0) is 16.6 Å². The van der Waals surface area contributed by atoms with Crippen LogP contribution >= 0.6 is 0 Å². The van der Waals surface area contributed by atoms with E-state index in [2.05, 4.69) is 31.0 Å². The van der Waals surface area contributed by atoms with Gasteiger partial charge in [0.15, 0.2) is 0 Å². The molecule has 1 saturated carbocycles. The second kappa shape index (κ2) is 3.34. The van der Waals surface area contributed by atoms with Gasteiger partial charge in [0.05, 0.1) is 11.6 Å². The van der Waals surface area contributed by atoms with Crippen molar-refractivity contribution < 1.29 is 9.90 Å². The van der Waals surface area contributed by atoms with Crippen molar-refractivity contribution in [3.63, 3.8) is 0 Å². The Morgan fingerprint density at radius 1 is 1.56 bits per heavy atom. The molecule has 1 aromatic rings. The molecular formula is C12H18N2O2. The summed E-state index contributed by atoms with van der Waals surface area (Å²) in [4.78, 5) is 11.1. The van der Waals surface area contributed by atoms with Crippen molar-refractivity contribution in [2.45, 2.75) is 45.4 Å². The lowest BCUT2D eigenvalue weighted by Crippen LogP contribution is -2.21. The first-order chi connectivity index (χ1) is 7.35. The number of aliphatic carboxylic acids is 1. The van der Waals surface area contributed by atoms with Crippen molar-refractivity contribution >= 4 is 5.97 Å². The molecule has 0 saturated heterocycles. The van der Waals surface area contributed by atoms with E-state index in [0.717, 1.165) is 24.1 Å². The molecule has 2 N–H and O–H groups in total. The molecule has 0 atom stereocenters. The van der Waals surface area contributed by atoms with Gasteiger partial charge in [0.2, 0.25) is 0 Å². The predicted octanol–water partition coefficient (Wildman–Crippen LogP) is 2.11. The van der Waals surface area contributed by atoms with Gasteiger partial charge in [-0.1, -0.05) is 20.8 Å². The Morgan fingerprint density at radius 2 is 2.19 bits per heavy atom. The van der Waals surface area contributed by atoms with Gasteiger partial charge in [-0.25, -0.2) is 0 Å². The van der Waals surface area contributed by atoms with E-state index in [1.165, 1.54) is 0 Å². The van der Waals surface area contributed by atoms with Gasteiger partial charge in [-0.15, -0.1) is 0 Å². The molecule has 1 heterocycles. The SMILES string of the molecule is CC(C)(C)c1[nH]ncc1CC1(C(=O)O)CC1. The first-order valence-electron chi connectivity index (χ1n) is 5.61. The average Bonchev–Trinajstić information content (AvgIpc) is 2.74. The number of aromatic nitrogens is 2. The van der Waals surface area contributed by atoms with Crippen LogP contribution in [0.3, 0.4) is 0 Å². The van der Waals surface area contributed by atoms with Crippen LogP contribution in [-0.4, -0.2) is 21.3 Å². The minimum Gasteiger partial charge on any atom is -0.481 e. The van der Waals surface area contributed by atoms with Crippen LogP contribution in [0, 0.1) is 5.41 Å². The molecular weight excluding hydrogens is 204 g/mol. The number of aromatic amines is 1. The van der Waals surface area contributed by atoms with Crippen LogP contribution in [0.2, 0.25) is 0 Å². The van der Waals surface area contributed by atoms with E-state index < -0.39 is 11.4 Å². The van der Waals surface area contributed by atoms with E-state index >= 15 is 0 Å². The van der Waals surface area contributed by atoms with E-state index in [0.29, 0.717) is 6.42 Å². The molecule has 2 rings (SSSR count). The largest absolute Gasteiger partial charge is 0.481 e. The number of rotatable bonds is 3. The third-order valence-corrected chi connectivity index (χ3v) is 3.30. The van der Waals surface area contributed by atoms with Crippen LogP contribution in [0.25, 0.3) is 0 Å². The summed E-state index contributed by atoms with van der Waals surface area (Å²) in [6.45, 7) is 6.30. The monoisotopic (exact) mass is 222 g/mol. The van der Waals surface area contributed by atoms with Crippen LogP contribution in [0.4, 0.5) is 0 Å². The summed E-state index contributed by atoms with van der Waals surface area (Å²) in [5, 5.41) is 16.2. The molecule has 1 aliphatic carbocycles. The molecule has 0 unspecified atom stereocenters. The van der Waals surface area contributed by atoms with Crippen LogP contribution in [0.15, 0.2) is 6.20 Å². The van der Waals surface area contributed by atoms with Crippen molar-refractivity contribution in [2.75, 3.05) is 0 Å². The highest BCUT2D eigenvalue weighted by Gasteiger charge is 2.50. The number of carboxylic acids is 1. The standard InChI is InChI=1S/C12H18N2O2/c1-11(2,3)9-8(7-13-14-9)6-12(4-5-12)10(15)16/h7H,4-6H2,1-3H3,(H,13,14)(H,15,16). The Hall–Kier alpha value is -1.32. The zero-order chi connectivity index (χ0) is 12.0. The summed E-state index contributed by atoms with van der Waals surface area (Å²) < 4.78 is 0. The van der Waals surface area contributed by atoms with Gasteiger partial charge in [-0.3, -0.25) is 9.89 Å². The smallest absolute Gasteiger partial charge is 0.309 e. The lowest BCUT2D eigenvalue weighted by Gasteiger charge is -2.19. The highest BCUT2D eigenvalue weighted by molar-refractivity contribution is 5.78. The molecule has 0 spiro atoms. The number of nitrogens with zero attached hydrogens (tertiary/aromatic N) is 1. The molecule has 4 nitrogen and oxygen atoms in total. The fourth-order valence-electron chi connectivity index (χ4n) is 2.08. The molecule has 1 fully saturated rings. The molecule has 1 aliphatic rings. The zero-order valence-corrected chi connectivity index (χ0v) is 10.0. The summed E-state index contributed by atoms with van der Waals surface area (Å²) >= 11 is 0. The van der Waals surface area contributed by atoms with E-state index in [4.69, 9.17) is 5.11 Å². The second-order valence-corrected chi connectivity index (χ2v) is 5.78. The number of hydrogen-bond acceptors (Lipinski definition) is 2. The molecule has 0 radical (unpaired) electrons. The van der Waals surface area contributed by atoms with Crippen LogP contribution in [0.1, 0.15) is 44.9 Å². The van der Waals surface area contributed by atoms with Gasteiger partial charge in [0.25, 0.3) is 0 Å². The number of carbonyl (C=O) groups is 1. The number of carboxylic acid groups (broad SMARTS) is 1. The van der Waals surface area contributed by atoms with Crippen LogP contribution in [0.5, 0.6) is 0 Å². The Bertz CT molecular complexity index is 411. The minimum atomic E-state index is -0.673. The van der Waals surface area contributed by atoms with Gasteiger partial charge in [-0.2, -0.15) is 5.10 Å². The fraction of sp³-hybridized carbons (Fsp3) is 0.667. The van der Waals surface area contributed by atoms with Crippen LogP contribution < -0.4 is 0 Å². The van der Waals surface area contributed by atoms with E-state index in [9.17, 15) is 4.79 Å². The van der Waals surface area contributed by atoms with E-state index in [-0.39, 0.29) is 5.41 Å². The molecule has 4 heteroatoms. The number of H-pyrrole nitrogens is 1. The average molecular weight is 222 g/mol. The Labute approximate surface area is 95.1 Å². The number of nitrogens with one attached hydrogen (secondary N) is 1. The fourth-order valence-corrected chi connectivity index (χ4v) is 2.08. The van der Waals surface area contributed by atoms with E-state index in [1.54, 1.807) is 6.20 Å². The molecule has 0 bridgehead atoms. The molecule has 16 heavy (non-hydrogen) atoms. The van der Waals surface area contributed by atoms with Crippen molar-refractivity contribution in [3.05, 3.63) is 17.5 Å². The van der Waals surface area contributed by atoms with Crippen molar-refractivity contribution in [1.29, 1.82) is 0 Å².